The Hall–Kier alpha value is -0.940. The van der Waals surface area contributed by atoms with Gasteiger partial charge in [-0.25, -0.2) is 4.79 Å². The second-order valence-corrected chi connectivity index (χ2v) is 3.07. The zero-order valence-corrected chi connectivity index (χ0v) is 8.70. The maximum Gasteiger partial charge on any atom is 0.456 e. The van der Waals surface area contributed by atoms with Gasteiger partial charge in [0.2, 0.25) is 0 Å². The predicted molar refractivity (Wildman–Crippen MR) is 51.8 cm³/mol. The number of rotatable bonds is 12. The summed E-state index contributed by atoms with van der Waals surface area (Å²) in [5, 5.41) is 3.98. The Morgan fingerprint density at radius 1 is 0.867 bits per heavy atom. The van der Waals surface area contributed by atoms with Gasteiger partial charge in [0.25, 0.3) is 0 Å². The van der Waals surface area contributed by atoms with Gasteiger partial charge in [0, 0.05) is 6.42 Å². The Morgan fingerprint density at radius 3 is 2.20 bits per heavy atom. The lowest BCUT2D eigenvalue weighted by atomic mass is 10.1. The van der Waals surface area contributed by atoms with E-state index in [1.807, 2.05) is 6.29 Å². The van der Waals surface area contributed by atoms with E-state index in [-0.39, 0.29) is 0 Å². The van der Waals surface area contributed by atoms with Gasteiger partial charge in [-0.15, -0.1) is 0 Å². The van der Waals surface area contributed by atoms with Crippen LogP contribution in [0.25, 0.3) is 0 Å². The quantitative estimate of drug-likeness (QED) is 0.282. The van der Waals surface area contributed by atoms with Crippen LogP contribution in [0.15, 0.2) is 0 Å². The fourth-order valence-corrected chi connectivity index (χ4v) is 1.14. The van der Waals surface area contributed by atoms with E-state index in [1.54, 1.807) is 0 Å². The lowest BCUT2D eigenvalue weighted by Gasteiger charge is -2.00. The summed E-state index contributed by atoms with van der Waals surface area (Å²) in [6.07, 6.45) is 8.48. The van der Waals surface area contributed by atoms with Crippen LogP contribution in [-0.2, 0) is 24.4 Å². The number of carbonyl (C=O) groups excluding carboxylic acids is 2. The van der Waals surface area contributed by atoms with Crippen molar-refractivity contribution in [2.75, 3.05) is 6.61 Å². The van der Waals surface area contributed by atoms with E-state index in [0.29, 0.717) is 13.0 Å². The molecule has 0 aliphatic carbocycles. The summed E-state index contributed by atoms with van der Waals surface area (Å²) >= 11 is 0. The molecule has 5 heteroatoms. The number of hydrogen-bond donors (Lipinski definition) is 0. The van der Waals surface area contributed by atoms with Gasteiger partial charge < -0.3 is 0 Å². The molecule has 0 rings (SSSR count). The van der Waals surface area contributed by atoms with Gasteiger partial charge in [-0.05, 0) is 17.9 Å². The SMILES string of the molecule is O=[C]CCCCCCCCOOO[C]=O. The topological polar surface area (TPSA) is 61.8 Å². The Labute approximate surface area is 89.5 Å². The minimum Gasteiger partial charge on any atom is -0.291 e. The van der Waals surface area contributed by atoms with Crippen molar-refractivity contribution in [1.82, 2.24) is 0 Å². The average Bonchev–Trinajstić information content (AvgIpc) is 2.26. The van der Waals surface area contributed by atoms with Crippen molar-refractivity contribution in [2.45, 2.75) is 44.9 Å². The Bertz CT molecular complexity index is 133. The molecule has 0 N–H and O–H groups in total. The van der Waals surface area contributed by atoms with Crippen molar-refractivity contribution in [3.05, 3.63) is 0 Å². The molecule has 0 aliphatic rings. The first kappa shape index (κ1) is 14.1. The molecule has 2 radical (unpaired) electrons. The highest BCUT2D eigenvalue weighted by molar-refractivity contribution is 5.50. The van der Waals surface area contributed by atoms with Crippen molar-refractivity contribution >= 4 is 12.8 Å². The molecular formula is C10H16O5. The van der Waals surface area contributed by atoms with Gasteiger partial charge >= 0.3 is 6.47 Å². The van der Waals surface area contributed by atoms with Crippen LogP contribution >= 0.6 is 0 Å². The first-order valence-electron chi connectivity index (χ1n) is 5.09. The standard InChI is InChI=1S/C10H16O5/c11-8-6-4-2-1-3-5-7-9-13-15-14-10-12/h1-7,9H2. The molecule has 0 amide bonds. The monoisotopic (exact) mass is 216 g/mol. The van der Waals surface area contributed by atoms with E-state index in [4.69, 9.17) is 0 Å². The molecule has 5 nitrogen and oxygen atoms in total. The summed E-state index contributed by atoms with van der Waals surface area (Å²) < 4.78 is 0. The fourth-order valence-electron chi connectivity index (χ4n) is 1.14. The zero-order chi connectivity index (χ0) is 11.2. The summed E-state index contributed by atoms with van der Waals surface area (Å²) in [5.41, 5.74) is 0. The van der Waals surface area contributed by atoms with Gasteiger partial charge in [-0.1, -0.05) is 25.7 Å². The zero-order valence-electron chi connectivity index (χ0n) is 8.70. The maximum absolute atomic E-state index is 9.87. The second kappa shape index (κ2) is 13.1. The Balaban J connectivity index is 2.86. The summed E-state index contributed by atoms with van der Waals surface area (Å²) in [6, 6.07) is 0. The van der Waals surface area contributed by atoms with E-state index in [2.05, 4.69) is 14.8 Å². The molecule has 86 valence electrons. The molecule has 0 fully saturated rings. The van der Waals surface area contributed by atoms with E-state index in [1.165, 1.54) is 0 Å². The molecule has 0 atom stereocenters. The van der Waals surface area contributed by atoms with Crippen molar-refractivity contribution < 1.29 is 24.4 Å². The molecule has 0 aliphatic heterocycles. The molecule has 0 aromatic carbocycles. The normalized spacial score (nSPS) is 9.87. The smallest absolute Gasteiger partial charge is 0.291 e. The van der Waals surface area contributed by atoms with E-state index in [0.717, 1.165) is 45.0 Å². The van der Waals surface area contributed by atoms with Crippen LogP contribution in [0, 0.1) is 0 Å². The summed E-state index contributed by atoms with van der Waals surface area (Å²) in [6.45, 7) is 1.46. The largest absolute Gasteiger partial charge is 0.456 e. The van der Waals surface area contributed by atoms with Crippen LogP contribution in [0.3, 0.4) is 0 Å². The summed E-state index contributed by atoms with van der Waals surface area (Å²) in [4.78, 5) is 27.6. The van der Waals surface area contributed by atoms with E-state index in [9.17, 15) is 9.59 Å². The van der Waals surface area contributed by atoms with Crippen LogP contribution in [0.2, 0.25) is 0 Å². The predicted octanol–water partition coefficient (Wildman–Crippen LogP) is 1.77. The third-order valence-electron chi connectivity index (χ3n) is 1.87. The molecule has 0 heterocycles. The average molecular weight is 216 g/mol. The highest BCUT2D eigenvalue weighted by Gasteiger charge is 1.93. The molecule has 0 aromatic rings. The Morgan fingerprint density at radius 2 is 1.53 bits per heavy atom. The van der Waals surface area contributed by atoms with Crippen molar-refractivity contribution in [1.29, 1.82) is 0 Å². The van der Waals surface area contributed by atoms with Crippen LogP contribution < -0.4 is 0 Å². The number of unbranched alkanes of at least 4 members (excludes halogenated alkanes) is 6. The minimum atomic E-state index is 0.393. The third kappa shape index (κ3) is 13.1. The van der Waals surface area contributed by atoms with E-state index >= 15 is 0 Å². The lowest BCUT2D eigenvalue weighted by molar-refractivity contribution is -0.475. The lowest BCUT2D eigenvalue weighted by Crippen LogP contribution is -1.97. The first-order chi connectivity index (χ1) is 7.41. The Kier molecular flexibility index (Phi) is 12.2. The molecule has 0 spiro atoms. The first-order valence-corrected chi connectivity index (χ1v) is 5.09. The van der Waals surface area contributed by atoms with Gasteiger partial charge in [-0.3, -0.25) is 9.68 Å². The highest BCUT2D eigenvalue weighted by Crippen LogP contribution is 2.06. The van der Waals surface area contributed by atoms with Crippen LogP contribution in [0.5, 0.6) is 0 Å². The molecule has 0 bridgehead atoms. The fraction of sp³-hybridized carbons (Fsp3) is 0.800. The summed E-state index contributed by atoms with van der Waals surface area (Å²) in [7, 11) is 0. The second-order valence-electron chi connectivity index (χ2n) is 3.07. The van der Waals surface area contributed by atoms with Gasteiger partial charge in [0.1, 0.15) is 0 Å². The van der Waals surface area contributed by atoms with Crippen molar-refractivity contribution in [2.24, 2.45) is 0 Å². The van der Waals surface area contributed by atoms with Gasteiger partial charge in [0.15, 0.2) is 6.29 Å². The van der Waals surface area contributed by atoms with Crippen LogP contribution in [0.1, 0.15) is 44.9 Å². The van der Waals surface area contributed by atoms with Gasteiger partial charge in [-0.2, -0.15) is 4.89 Å². The molecule has 0 saturated heterocycles. The van der Waals surface area contributed by atoms with Gasteiger partial charge in [0.05, 0.1) is 6.61 Å². The van der Waals surface area contributed by atoms with Crippen LogP contribution in [0.4, 0.5) is 0 Å². The highest BCUT2D eigenvalue weighted by atomic mass is 17.5. The minimum absolute atomic E-state index is 0.393. The molecule has 15 heavy (non-hydrogen) atoms. The van der Waals surface area contributed by atoms with Crippen molar-refractivity contribution in [3.8, 4) is 0 Å². The van der Waals surface area contributed by atoms with Crippen molar-refractivity contribution in [3.63, 3.8) is 0 Å². The molecule has 0 saturated carbocycles. The van der Waals surface area contributed by atoms with E-state index < -0.39 is 0 Å². The molecular weight excluding hydrogens is 200 g/mol. The molecule has 0 unspecified atom stereocenters. The molecule has 0 aromatic heterocycles. The third-order valence-corrected chi connectivity index (χ3v) is 1.87. The number of hydrogen-bond acceptors (Lipinski definition) is 5. The summed E-state index contributed by atoms with van der Waals surface area (Å²) in [5.74, 6) is 0. The maximum atomic E-state index is 9.87. The van der Waals surface area contributed by atoms with Crippen LogP contribution in [-0.4, -0.2) is 19.4 Å².